The number of para-hydroxylation sites is 2. The first kappa shape index (κ1) is 18.3. The Hall–Kier alpha value is -2.04. The highest BCUT2D eigenvalue weighted by atomic mass is 16.5. The molecule has 0 spiro atoms. The fourth-order valence-corrected chi connectivity index (χ4v) is 2.50. The third kappa shape index (κ3) is 6.60. The van der Waals surface area contributed by atoms with Crippen LogP contribution in [0.4, 0.5) is 0 Å². The lowest BCUT2D eigenvalue weighted by atomic mass is 10.2. The van der Waals surface area contributed by atoms with E-state index in [0.29, 0.717) is 25.6 Å². The summed E-state index contributed by atoms with van der Waals surface area (Å²) in [6.45, 7) is 6.51. The van der Waals surface area contributed by atoms with Crippen LogP contribution in [0.5, 0.6) is 11.5 Å². The Morgan fingerprint density at radius 1 is 0.875 bits per heavy atom. The molecule has 4 heteroatoms. The molecule has 2 rings (SSSR count). The lowest BCUT2D eigenvalue weighted by Gasteiger charge is -2.22. The van der Waals surface area contributed by atoms with Crippen LogP contribution in [0.1, 0.15) is 18.9 Å². The van der Waals surface area contributed by atoms with Gasteiger partial charge in [0.1, 0.15) is 18.1 Å². The van der Waals surface area contributed by atoms with E-state index >= 15 is 0 Å². The number of phenols is 1. The number of benzene rings is 2. The molecule has 0 aromatic heterocycles. The minimum atomic E-state index is 0.357. The lowest BCUT2D eigenvalue weighted by Crippen LogP contribution is -2.28. The Morgan fingerprint density at radius 2 is 1.62 bits per heavy atom. The van der Waals surface area contributed by atoms with Crippen LogP contribution in [0.2, 0.25) is 0 Å². The lowest BCUT2D eigenvalue weighted by molar-refractivity contribution is 0.0777. The summed E-state index contributed by atoms with van der Waals surface area (Å²) >= 11 is 0. The number of nitrogens with zero attached hydrogens (tertiary/aromatic N) is 1. The first-order valence-corrected chi connectivity index (χ1v) is 8.54. The molecule has 0 aliphatic carbocycles. The molecule has 0 fully saturated rings. The Kier molecular flexibility index (Phi) is 8.15. The van der Waals surface area contributed by atoms with E-state index < -0.39 is 0 Å². The second kappa shape index (κ2) is 10.7. The van der Waals surface area contributed by atoms with E-state index in [1.807, 2.05) is 48.5 Å². The van der Waals surface area contributed by atoms with Crippen LogP contribution in [0.3, 0.4) is 0 Å². The standard InChI is InChI=1S/C20H27NO3/c1-2-12-21(17-18-8-6-7-11-20(18)22)13-14-23-15-16-24-19-9-4-3-5-10-19/h3-11,22H,2,12-17H2,1H3. The number of rotatable bonds is 11. The van der Waals surface area contributed by atoms with Crippen molar-refractivity contribution >= 4 is 0 Å². The van der Waals surface area contributed by atoms with Gasteiger partial charge < -0.3 is 14.6 Å². The highest BCUT2D eigenvalue weighted by Crippen LogP contribution is 2.17. The van der Waals surface area contributed by atoms with Crippen molar-refractivity contribution in [3.63, 3.8) is 0 Å². The molecule has 2 aromatic rings. The molecule has 0 atom stereocenters. The summed E-state index contributed by atoms with van der Waals surface area (Å²) in [5, 5.41) is 9.90. The molecule has 0 bridgehead atoms. The number of ether oxygens (including phenoxy) is 2. The summed E-state index contributed by atoms with van der Waals surface area (Å²) in [6, 6.07) is 17.3. The zero-order valence-corrected chi connectivity index (χ0v) is 14.4. The molecule has 0 saturated carbocycles. The van der Waals surface area contributed by atoms with Crippen LogP contribution in [0.25, 0.3) is 0 Å². The fourth-order valence-electron chi connectivity index (χ4n) is 2.50. The first-order valence-electron chi connectivity index (χ1n) is 8.54. The van der Waals surface area contributed by atoms with Gasteiger partial charge in [0, 0.05) is 18.7 Å². The number of aromatic hydroxyl groups is 1. The summed E-state index contributed by atoms with van der Waals surface area (Å²) in [5.74, 6) is 1.23. The van der Waals surface area contributed by atoms with E-state index in [4.69, 9.17) is 9.47 Å². The topological polar surface area (TPSA) is 41.9 Å². The maximum Gasteiger partial charge on any atom is 0.120 e. The van der Waals surface area contributed by atoms with Crippen molar-refractivity contribution in [1.29, 1.82) is 0 Å². The molecule has 0 radical (unpaired) electrons. The van der Waals surface area contributed by atoms with Crippen molar-refractivity contribution in [3.05, 3.63) is 60.2 Å². The molecule has 0 amide bonds. The highest BCUT2D eigenvalue weighted by Gasteiger charge is 2.08. The van der Waals surface area contributed by atoms with Gasteiger partial charge in [-0.1, -0.05) is 43.3 Å². The van der Waals surface area contributed by atoms with Crippen molar-refractivity contribution < 1.29 is 14.6 Å². The van der Waals surface area contributed by atoms with Gasteiger partial charge in [-0.25, -0.2) is 0 Å². The van der Waals surface area contributed by atoms with Crippen LogP contribution < -0.4 is 4.74 Å². The SMILES string of the molecule is CCCN(CCOCCOc1ccccc1)Cc1ccccc1O. The highest BCUT2D eigenvalue weighted by molar-refractivity contribution is 5.31. The summed E-state index contributed by atoms with van der Waals surface area (Å²) in [4.78, 5) is 2.30. The van der Waals surface area contributed by atoms with Gasteiger partial charge in [0.15, 0.2) is 0 Å². The van der Waals surface area contributed by atoms with Gasteiger partial charge in [-0.3, -0.25) is 4.90 Å². The molecule has 0 heterocycles. The molecule has 4 nitrogen and oxygen atoms in total. The molecule has 1 N–H and O–H groups in total. The quantitative estimate of drug-likeness (QED) is 0.638. The van der Waals surface area contributed by atoms with Crippen LogP contribution in [-0.4, -0.2) is 42.9 Å². The zero-order chi connectivity index (χ0) is 17.0. The fraction of sp³-hybridized carbons (Fsp3) is 0.400. The second-order valence-corrected chi connectivity index (χ2v) is 5.68. The third-order valence-corrected chi connectivity index (χ3v) is 3.72. The maximum atomic E-state index is 9.90. The van der Waals surface area contributed by atoms with Crippen molar-refractivity contribution in [1.82, 2.24) is 4.90 Å². The van der Waals surface area contributed by atoms with E-state index in [-0.39, 0.29) is 0 Å². The van der Waals surface area contributed by atoms with Crippen LogP contribution in [0.15, 0.2) is 54.6 Å². The Labute approximate surface area is 144 Å². The van der Waals surface area contributed by atoms with Crippen LogP contribution in [-0.2, 0) is 11.3 Å². The van der Waals surface area contributed by atoms with Gasteiger partial charge in [0.2, 0.25) is 0 Å². The molecule has 0 saturated heterocycles. The summed E-state index contributed by atoms with van der Waals surface area (Å²) < 4.78 is 11.3. The average Bonchev–Trinajstić information content (AvgIpc) is 2.61. The van der Waals surface area contributed by atoms with Crippen molar-refractivity contribution in [2.24, 2.45) is 0 Å². The molecular weight excluding hydrogens is 302 g/mol. The van der Waals surface area contributed by atoms with Gasteiger partial charge in [-0.15, -0.1) is 0 Å². The minimum absolute atomic E-state index is 0.357. The minimum Gasteiger partial charge on any atom is -0.508 e. The van der Waals surface area contributed by atoms with Crippen molar-refractivity contribution in [3.8, 4) is 11.5 Å². The Bertz CT molecular complexity index is 574. The van der Waals surface area contributed by atoms with E-state index in [0.717, 1.165) is 37.4 Å². The Balaban J connectivity index is 1.65. The molecule has 0 unspecified atom stereocenters. The van der Waals surface area contributed by atoms with Crippen molar-refractivity contribution in [2.45, 2.75) is 19.9 Å². The normalized spacial score (nSPS) is 10.9. The summed E-state index contributed by atoms with van der Waals surface area (Å²) in [5.41, 5.74) is 0.957. The van der Waals surface area contributed by atoms with Gasteiger partial charge in [-0.05, 0) is 31.2 Å². The second-order valence-electron chi connectivity index (χ2n) is 5.68. The average molecular weight is 329 g/mol. The molecule has 130 valence electrons. The number of hydrogen-bond donors (Lipinski definition) is 1. The first-order chi connectivity index (χ1) is 11.8. The zero-order valence-electron chi connectivity index (χ0n) is 14.4. The molecule has 0 aliphatic heterocycles. The van der Waals surface area contributed by atoms with Crippen molar-refractivity contribution in [2.75, 3.05) is 32.9 Å². The number of phenolic OH excluding ortho intramolecular Hbond substituents is 1. The summed E-state index contributed by atoms with van der Waals surface area (Å²) in [7, 11) is 0. The Morgan fingerprint density at radius 3 is 2.38 bits per heavy atom. The van der Waals surface area contributed by atoms with Gasteiger partial charge in [0.05, 0.1) is 13.2 Å². The van der Waals surface area contributed by atoms with Crippen LogP contribution in [0, 0.1) is 0 Å². The van der Waals surface area contributed by atoms with E-state index in [1.54, 1.807) is 6.07 Å². The molecular formula is C20H27NO3. The molecule has 0 aliphatic rings. The maximum absolute atomic E-state index is 9.90. The largest absolute Gasteiger partial charge is 0.508 e. The summed E-state index contributed by atoms with van der Waals surface area (Å²) in [6.07, 6.45) is 1.07. The molecule has 24 heavy (non-hydrogen) atoms. The van der Waals surface area contributed by atoms with E-state index in [1.165, 1.54) is 0 Å². The smallest absolute Gasteiger partial charge is 0.120 e. The van der Waals surface area contributed by atoms with Crippen LogP contribution >= 0.6 is 0 Å². The predicted molar refractivity (Wildman–Crippen MR) is 96.4 cm³/mol. The number of hydrogen-bond acceptors (Lipinski definition) is 4. The van der Waals surface area contributed by atoms with E-state index in [2.05, 4.69) is 11.8 Å². The predicted octanol–water partition coefficient (Wildman–Crippen LogP) is 3.70. The molecule has 2 aromatic carbocycles. The third-order valence-electron chi connectivity index (χ3n) is 3.72. The van der Waals surface area contributed by atoms with Gasteiger partial charge >= 0.3 is 0 Å². The monoisotopic (exact) mass is 329 g/mol. The van der Waals surface area contributed by atoms with E-state index in [9.17, 15) is 5.11 Å². The van der Waals surface area contributed by atoms with Gasteiger partial charge in [0.25, 0.3) is 0 Å². The van der Waals surface area contributed by atoms with Gasteiger partial charge in [-0.2, -0.15) is 0 Å².